The van der Waals surface area contributed by atoms with E-state index in [2.05, 4.69) is 20.1 Å². The van der Waals surface area contributed by atoms with Gasteiger partial charge in [0.2, 0.25) is 5.95 Å². The molecule has 1 saturated heterocycles. The predicted molar refractivity (Wildman–Crippen MR) is 122 cm³/mol. The van der Waals surface area contributed by atoms with E-state index >= 15 is 0 Å². The minimum atomic E-state index is -0.552. The first kappa shape index (κ1) is 21.5. The van der Waals surface area contributed by atoms with E-state index in [0.29, 0.717) is 31.5 Å². The number of nitrogens with zero attached hydrogens (tertiary/aromatic N) is 7. The standard InChI is InChI=1S/C22H21ClFN7O2/c1-12-26-19-18(15-5-4-14(23)8-16(15)24)27-22(28-20(19)21(32)30(12)3)31-6-7-33-17(11-31)13-9-25-29(2)10-13/h4-5,8-10,17H,6-7,11H2,1-3H3. The molecule has 1 unspecified atom stereocenters. The summed E-state index contributed by atoms with van der Waals surface area (Å²) in [5, 5.41) is 4.48. The third kappa shape index (κ3) is 3.85. The second kappa shape index (κ2) is 8.20. The number of fused-ring (bicyclic) bond motifs is 1. The van der Waals surface area contributed by atoms with Gasteiger partial charge in [0, 0.05) is 43.0 Å². The molecule has 5 rings (SSSR count). The molecule has 11 heteroatoms. The first-order chi connectivity index (χ1) is 15.8. The number of aromatic nitrogens is 6. The number of anilines is 1. The average Bonchev–Trinajstić information content (AvgIpc) is 3.24. The minimum Gasteiger partial charge on any atom is -0.370 e. The maximum absolute atomic E-state index is 14.9. The van der Waals surface area contributed by atoms with Crippen LogP contribution in [0.5, 0.6) is 0 Å². The Bertz CT molecular complexity index is 1430. The van der Waals surface area contributed by atoms with Gasteiger partial charge in [-0.15, -0.1) is 0 Å². The van der Waals surface area contributed by atoms with Gasteiger partial charge in [-0.3, -0.25) is 14.0 Å². The highest BCUT2D eigenvalue weighted by molar-refractivity contribution is 6.30. The maximum atomic E-state index is 14.9. The highest BCUT2D eigenvalue weighted by Crippen LogP contribution is 2.31. The highest BCUT2D eigenvalue weighted by atomic mass is 35.5. The lowest BCUT2D eigenvalue weighted by atomic mass is 10.1. The van der Waals surface area contributed by atoms with Crippen LogP contribution in [0, 0.1) is 12.7 Å². The van der Waals surface area contributed by atoms with Crippen molar-refractivity contribution in [2.75, 3.05) is 24.6 Å². The van der Waals surface area contributed by atoms with Crippen LogP contribution in [-0.2, 0) is 18.8 Å². The summed E-state index contributed by atoms with van der Waals surface area (Å²) in [6.07, 6.45) is 3.42. The van der Waals surface area contributed by atoms with Gasteiger partial charge in [-0.2, -0.15) is 5.10 Å². The third-order valence-electron chi connectivity index (χ3n) is 5.77. The van der Waals surface area contributed by atoms with Crippen LogP contribution in [0.25, 0.3) is 22.3 Å². The SMILES string of the molecule is Cc1nc2c(-c3ccc(Cl)cc3F)nc(N3CCOC(c4cnn(C)c4)C3)nc2c(=O)n1C. The molecule has 4 heterocycles. The molecule has 3 aromatic heterocycles. The monoisotopic (exact) mass is 469 g/mol. The Morgan fingerprint density at radius 2 is 2.00 bits per heavy atom. The fourth-order valence-corrected chi connectivity index (χ4v) is 4.05. The molecule has 0 saturated carbocycles. The summed E-state index contributed by atoms with van der Waals surface area (Å²) in [5.41, 5.74) is 1.42. The molecule has 0 bridgehead atoms. The van der Waals surface area contributed by atoms with Gasteiger partial charge in [0.25, 0.3) is 5.56 Å². The molecule has 1 fully saturated rings. The molecule has 0 amide bonds. The number of morpholine rings is 1. The first-order valence-electron chi connectivity index (χ1n) is 10.4. The number of hydrogen-bond acceptors (Lipinski definition) is 7. The molecule has 1 atom stereocenters. The first-order valence-corrected chi connectivity index (χ1v) is 10.8. The summed E-state index contributed by atoms with van der Waals surface area (Å²) in [6.45, 7) is 3.12. The Balaban J connectivity index is 1.67. The Morgan fingerprint density at radius 3 is 2.73 bits per heavy atom. The number of aryl methyl sites for hydroxylation is 2. The van der Waals surface area contributed by atoms with E-state index in [9.17, 15) is 9.18 Å². The zero-order chi connectivity index (χ0) is 23.3. The predicted octanol–water partition coefficient (Wildman–Crippen LogP) is 2.80. The largest absolute Gasteiger partial charge is 0.370 e. The summed E-state index contributed by atoms with van der Waals surface area (Å²) in [7, 11) is 3.47. The van der Waals surface area contributed by atoms with Crippen molar-refractivity contribution in [2.45, 2.75) is 13.0 Å². The zero-order valence-electron chi connectivity index (χ0n) is 18.3. The van der Waals surface area contributed by atoms with Gasteiger partial charge in [-0.05, 0) is 25.1 Å². The fraction of sp³-hybridized carbons (Fsp3) is 0.318. The molecule has 1 aliphatic heterocycles. The van der Waals surface area contributed by atoms with E-state index in [0.717, 1.165) is 5.56 Å². The average molecular weight is 470 g/mol. The molecule has 9 nitrogen and oxygen atoms in total. The number of benzene rings is 1. The van der Waals surface area contributed by atoms with E-state index in [-0.39, 0.29) is 39.0 Å². The van der Waals surface area contributed by atoms with Crippen LogP contribution in [0.15, 0.2) is 35.4 Å². The van der Waals surface area contributed by atoms with Gasteiger partial charge in [0.1, 0.15) is 29.0 Å². The van der Waals surface area contributed by atoms with Gasteiger partial charge < -0.3 is 9.64 Å². The van der Waals surface area contributed by atoms with Crippen LogP contribution in [0.3, 0.4) is 0 Å². The van der Waals surface area contributed by atoms with Crippen LogP contribution >= 0.6 is 11.6 Å². The molecule has 1 aromatic carbocycles. The second-order valence-corrected chi connectivity index (χ2v) is 8.41. The molecule has 4 aromatic rings. The van der Waals surface area contributed by atoms with Crippen molar-refractivity contribution in [1.29, 1.82) is 0 Å². The summed E-state index contributed by atoms with van der Waals surface area (Å²) in [4.78, 5) is 28.7. The molecule has 0 aliphatic carbocycles. The van der Waals surface area contributed by atoms with Crippen molar-refractivity contribution < 1.29 is 9.13 Å². The molecule has 0 spiro atoms. The normalized spacial score (nSPS) is 16.5. The van der Waals surface area contributed by atoms with Gasteiger partial charge in [0.05, 0.1) is 19.3 Å². The Hall–Kier alpha value is -3.37. The second-order valence-electron chi connectivity index (χ2n) is 7.97. The number of ether oxygens (including phenoxy) is 1. The number of halogens is 2. The van der Waals surface area contributed by atoms with Crippen LogP contribution in [0.4, 0.5) is 10.3 Å². The van der Waals surface area contributed by atoms with Gasteiger partial charge in [-0.25, -0.2) is 19.3 Å². The molecule has 0 N–H and O–H groups in total. The van der Waals surface area contributed by atoms with E-state index in [1.165, 1.54) is 16.7 Å². The lowest BCUT2D eigenvalue weighted by molar-refractivity contribution is 0.0392. The van der Waals surface area contributed by atoms with Crippen LogP contribution in [-0.4, -0.2) is 49.0 Å². The van der Waals surface area contributed by atoms with Crippen molar-refractivity contribution in [3.8, 4) is 11.3 Å². The van der Waals surface area contributed by atoms with Crippen molar-refractivity contribution in [3.05, 3.63) is 63.2 Å². The minimum absolute atomic E-state index is 0.127. The van der Waals surface area contributed by atoms with Crippen LogP contribution in [0.1, 0.15) is 17.5 Å². The van der Waals surface area contributed by atoms with Crippen molar-refractivity contribution in [1.82, 2.24) is 29.3 Å². The van der Waals surface area contributed by atoms with Crippen molar-refractivity contribution >= 4 is 28.6 Å². The smallest absolute Gasteiger partial charge is 0.279 e. The van der Waals surface area contributed by atoms with Crippen LogP contribution < -0.4 is 10.5 Å². The summed E-state index contributed by atoms with van der Waals surface area (Å²) in [5.74, 6) is 0.234. The summed E-state index contributed by atoms with van der Waals surface area (Å²) in [6, 6.07) is 4.33. The molecule has 1 aliphatic rings. The zero-order valence-corrected chi connectivity index (χ0v) is 19.0. The van der Waals surface area contributed by atoms with E-state index in [1.807, 2.05) is 18.1 Å². The lowest BCUT2D eigenvalue weighted by Crippen LogP contribution is -2.39. The van der Waals surface area contributed by atoms with Crippen molar-refractivity contribution in [3.63, 3.8) is 0 Å². The molecule has 0 radical (unpaired) electrons. The Kier molecular flexibility index (Phi) is 5.34. The molecule has 33 heavy (non-hydrogen) atoms. The Labute approximate surface area is 193 Å². The summed E-state index contributed by atoms with van der Waals surface area (Å²) < 4.78 is 24.0. The fourth-order valence-electron chi connectivity index (χ4n) is 3.89. The quantitative estimate of drug-likeness (QED) is 0.455. The van der Waals surface area contributed by atoms with E-state index in [1.54, 1.807) is 30.9 Å². The van der Waals surface area contributed by atoms with Gasteiger partial charge in [0.15, 0.2) is 5.52 Å². The van der Waals surface area contributed by atoms with E-state index in [4.69, 9.17) is 16.3 Å². The van der Waals surface area contributed by atoms with Crippen LogP contribution in [0.2, 0.25) is 5.02 Å². The Morgan fingerprint density at radius 1 is 1.18 bits per heavy atom. The number of hydrogen-bond donors (Lipinski definition) is 0. The summed E-state index contributed by atoms with van der Waals surface area (Å²) >= 11 is 5.95. The maximum Gasteiger partial charge on any atom is 0.279 e. The van der Waals surface area contributed by atoms with Crippen molar-refractivity contribution in [2.24, 2.45) is 14.1 Å². The molecular formula is C22H21ClFN7O2. The topological polar surface area (TPSA) is 91.0 Å². The number of rotatable bonds is 3. The van der Waals surface area contributed by atoms with Gasteiger partial charge in [-0.1, -0.05) is 11.6 Å². The molecular weight excluding hydrogens is 449 g/mol. The van der Waals surface area contributed by atoms with E-state index < -0.39 is 5.82 Å². The highest BCUT2D eigenvalue weighted by Gasteiger charge is 2.27. The molecule has 170 valence electrons. The third-order valence-corrected chi connectivity index (χ3v) is 6.01. The lowest BCUT2D eigenvalue weighted by Gasteiger charge is -2.32. The van der Waals surface area contributed by atoms with Gasteiger partial charge >= 0.3 is 0 Å².